The van der Waals surface area contributed by atoms with Gasteiger partial charge < -0.3 is 15.0 Å². The van der Waals surface area contributed by atoms with Crippen molar-refractivity contribution in [1.82, 2.24) is 10.2 Å². The maximum atomic E-state index is 12.9. The summed E-state index contributed by atoms with van der Waals surface area (Å²) in [4.78, 5) is 27.5. The highest BCUT2D eigenvalue weighted by Gasteiger charge is 2.38. The van der Waals surface area contributed by atoms with Crippen LogP contribution in [0, 0.1) is 5.41 Å². The van der Waals surface area contributed by atoms with Crippen LogP contribution in [0.25, 0.3) is 0 Å². The molecular formula is C23H28N2O3. The molecule has 1 aliphatic heterocycles. The maximum Gasteiger partial charge on any atom is 0.257 e. The lowest BCUT2D eigenvalue weighted by molar-refractivity contribution is -0.132. The first kappa shape index (κ1) is 19.9. The molecule has 0 saturated carbocycles. The summed E-state index contributed by atoms with van der Waals surface area (Å²) in [5.74, 6) is 0.637. The van der Waals surface area contributed by atoms with Crippen LogP contribution in [0.3, 0.4) is 0 Å². The van der Waals surface area contributed by atoms with Crippen LogP contribution in [0.4, 0.5) is 0 Å². The van der Waals surface area contributed by atoms with Crippen molar-refractivity contribution in [1.29, 1.82) is 0 Å². The number of nitrogens with one attached hydrogen (secondary N) is 1. The van der Waals surface area contributed by atoms with Gasteiger partial charge in [-0.2, -0.15) is 0 Å². The van der Waals surface area contributed by atoms with Crippen molar-refractivity contribution >= 4 is 11.8 Å². The molecule has 0 unspecified atom stereocenters. The summed E-state index contributed by atoms with van der Waals surface area (Å²) in [6.45, 7) is 6.07. The van der Waals surface area contributed by atoms with Crippen molar-refractivity contribution in [3.05, 3.63) is 65.7 Å². The molecule has 2 aromatic rings. The van der Waals surface area contributed by atoms with Crippen LogP contribution in [0.1, 0.15) is 42.6 Å². The van der Waals surface area contributed by atoms with Gasteiger partial charge in [-0.05, 0) is 37.5 Å². The minimum Gasteiger partial charge on any atom is -0.493 e. The molecule has 2 aromatic carbocycles. The van der Waals surface area contributed by atoms with Crippen LogP contribution < -0.4 is 10.1 Å². The third-order valence-electron chi connectivity index (χ3n) is 5.42. The molecule has 1 fully saturated rings. The molecule has 148 valence electrons. The number of para-hydroxylation sites is 1. The monoisotopic (exact) mass is 380 g/mol. The van der Waals surface area contributed by atoms with Gasteiger partial charge in [0.1, 0.15) is 5.75 Å². The smallest absolute Gasteiger partial charge is 0.257 e. The number of piperidine rings is 1. The van der Waals surface area contributed by atoms with Crippen molar-refractivity contribution in [2.45, 2.75) is 33.2 Å². The predicted octanol–water partition coefficient (Wildman–Crippen LogP) is 3.64. The zero-order valence-corrected chi connectivity index (χ0v) is 16.6. The number of likely N-dealkylation sites (tertiary alicyclic amines) is 1. The highest BCUT2D eigenvalue weighted by Crippen LogP contribution is 2.32. The minimum atomic E-state index is -0.453. The molecule has 1 aliphatic rings. The lowest BCUT2D eigenvalue weighted by Gasteiger charge is -2.38. The topological polar surface area (TPSA) is 58.6 Å². The number of carbonyl (C=O) groups is 2. The second kappa shape index (κ2) is 8.91. The molecule has 3 rings (SSSR count). The largest absolute Gasteiger partial charge is 0.493 e. The van der Waals surface area contributed by atoms with Gasteiger partial charge >= 0.3 is 0 Å². The Morgan fingerprint density at radius 3 is 2.36 bits per heavy atom. The van der Waals surface area contributed by atoms with Crippen molar-refractivity contribution in [2.75, 3.05) is 19.7 Å². The summed E-state index contributed by atoms with van der Waals surface area (Å²) in [7, 11) is 0. The Bertz CT molecular complexity index is 812. The molecule has 0 aromatic heterocycles. The molecular weight excluding hydrogens is 352 g/mol. The van der Waals surface area contributed by atoms with Gasteiger partial charge in [-0.1, -0.05) is 49.4 Å². The van der Waals surface area contributed by atoms with E-state index in [1.165, 1.54) is 0 Å². The van der Waals surface area contributed by atoms with Crippen molar-refractivity contribution in [2.24, 2.45) is 5.41 Å². The molecule has 0 atom stereocenters. The van der Waals surface area contributed by atoms with Gasteiger partial charge in [0.15, 0.2) is 0 Å². The first-order chi connectivity index (χ1) is 13.5. The summed E-state index contributed by atoms with van der Waals surface area (Å²) in [6.07, 6.45) is 1.30. The van der Waals surface area contributed by atoms with E-state index in [0.717, 1.165) is 5.56 Å². The standard InChI is InChI=1S/C23H28N2O3/c1-3-28-20-12-8-7-11-19(20)21(26)25-15-13-23(2,14-16-25)22(27)24-17-18-9-5-4-6-10-18/h4-12H,3,13-17H2,1-2H3,(H,24,27). The van der Waals surface area contributed by atoms with E-state index < -0.39 is 5.41 Å². The normalized spacial score (nSPS) is 15.7. The van der Waals surface area contributed by atoms with Crippen LogP contribution in [0.2, 0.25) is 0 Å². The fourth-order valence-electron chi connectivity index (χ4n) is 3.52. The molecule has 0 radical (unpaired) electrons. The Morgan fingerprint density at radius 2 is 1.68 bits per heavy atom. The van der Waals surface area contributed by atoms with E-state index in [0.29, 0.717) is 50.4 Å². The highest BCUT2D eigenvalue weighted by molar-refractivity contribution is 5.97. The van der Waals surface area contributed by atoms with Gasteiger partial charge in [0.05, 0.1) is 12.2 Å². The molecule has 5 heteroatoms. The molecule has 5 nitrogen and oxygen atoms in total. The number of ether oxygens (including phenoxy) is 1. The number of amides is 2. The number of hydrogen-bond donors (Lipinski definition) is 1. The lowest BCUT2D eigenvalue weighted by atomic mass is 9.79. The maximum absolute atomic E-state index is 12.9. The summed E-state index contributed by atoms with van der Waals surface area (Å²) >= 11 is 0. The van der Waals surface area contributed by atoms with E-state index in [9.17, 15) is 9.59 Å². The zero-order valence-electron chi connectivity index (χ0n) is 16.6. The first-order valence-electron chi connectivity index (χ1n) is 9.87. The summed E-state index contributed by atoms with van der Waals surface area (Å²) < 4.78 is 5.59. The van der Waals surface area contributed by atoms with E-state index in [1.807, 2.05) is 67.3 Å². The number of rotatable bonds is 6. The van der Waals surface area contributed by atoms with Crippen LogP contribution in [0.15, 0.2) is 54.6 Å². The van der Waals surface area contributed by atoms with Crippen molar-refractivity contribution in [3.8, 4) is 5.75 Å². The quantitative estimate of drug-likeness (QED) is 0.832. The summed E-state index contributed by atoms with van der Waals surface area (Å²) in [5.41, 5.74) is 1.21. The second-order valence-corrected chi connectivity index (χ2v) is 7.45. The SMILES string of the molecule is CCOc1ccccc1C(=O)N1CCC(C)(C(=O)NCc2ccccc2)CC1. The zero-order chi connectivity index (χ0) is 20.0. The van der Waals surface area contributed by atoms with E-state index in [1.54, 1.807) is 6.07 Å². The number of nitrogens with zero attached hydrogens (tertiary/aromatic N) is 1. The van der Waals surface area contributed by atoms with Crippen LogP contribution in [-0.4, -0.2) is 36.4 Å². The Kier molecular flexibility index (Phi) is 6.34. The Hall–Kier alpha value is -2.82. The number of carbonyl (C=O) groups excluding carboxylic acids is 2. The lowest BCUT2D eigenvalue weighted by Crippen LogP contribution is -2.48. The summed E-state index contributed by atoms with van der Waals surface area (Å²) in [6, 6.07) is 17.2. The van der Waals surface area contributed by atoms with E-state index in [2.05, 4.69) is 5.32 Å². The van der Waals surface area contributed by atoms with Gasteiger partial charge in [0.25, 0.3) is 5.91 Å². The van der Waals surface area contributed by atoms with E-state index in [-0.39, 0.29) is 11.8 Å². The van der Waals surface area contributed by atoms with Gasteiger partial charge in [-0.3, -0.25) is 9.59 Å². The predicted molar refractivity (Wildman–Crippen MR) is 109 cm³/mol. The van der Waals surface area contributed by atoms with Crippen molar-refractivity contribution < 1.29 is 14.3 Å². The van der Waals surface area contributed by atoms with Gasteiger partial charge in [0.2, 0.25) is 5.91 Å². The van der Waals surface area contributed by atoms with Gasteiger partial charge in [-0.15, -0.1) is 0 Å². The molecule has 2 amide bonds. The fourth-order valence-corrected chi connectivity index (χ4v) is 3.52. The molecule has 0 bridgehead atoms. The van der Waals surface area contributed by atoms with Crippen LogP contribution in [-0.2, 0) is 11.3 Å². The Labute approximate surface area is 166 Å². The van der Waals surface area contributed by atoms with E-state index >= 15 is 0 Å². The van der Waals surface area contributed by atoms with Gasteiger partial charge in [0, 0.05) is 25.0 Å². The fraction of sp³-hybridized carbons (Fsp3) is 0.391. The molecule has 28 heavy (non-hydrogen) atoms. The van der Waals surface area contributed by atoms with Gasteiger partial charge in [-0.25, -0.2) is 0 Å². The minimum absolute atomic E-state index is 0.0317. The second-order valence-electron chi connectivity index (χ2n) is 7.45. The first-order valence-corrected chi connectivity index (χ1v) is 9.87. The molecule has 0 spiro atoms. The van der Waals surface area contributed by atoms with Crippen molar-refractivity contribution in [3.63, 3.8) is 0 Å². The Balaban J connectivity index is 1.58. The molecule has 1 saturated heterocycles. The summed E-state index contributed by atoms with van der Waals surface area (Å²) in [5, 5.41) is 3.05. The molecule has 1 heterocycles. The van der Waals surface area contributed by atoms with Crippen LogP contribution >= 0.6 is 0 Å². The van der Waals surface area contributed by atoms with Crippen LogP contribution in [0.5, 0.6) is 5.75 Å². The average Bonchev–Trinajstić information content (AvgIpc) is 2.73. The highest BCUT2D eigenvalue weighted by atomic mass is 16.5. The molecule has 1 N–H and O–H groups in total. The number of benzene rings is 2. The third-order valence-corrected chi connectivity index (χ3v) is 5.42. The third kappa shape index (κ3) is 4.53. The molecule has 0 aliphatic carbocycles. The number of hydrogen-bond acceptors (Lipinski definition) is 3. The Morgan fingerprint density at radius 1 is 1.04 bits per heavy atom. The van der Waals surface area contributed by atoms with E-state index in [4.69, 9.17) is 4.74 Å². The average molecular weight is 380 g/mol.